The zero-order chi connectivity index (χ0) is 19.4. The number of carbonyl (C=O) groups excluding carboxylic acids is 3. The molecular formula is C19H15ClN2O4S. The SMILES string of the molecule is NC(=O)COc1ccc(/C=C2\SC(=O)N(Cc3ccccc3)C2=O)cc1Cl. The summed E-state index contributed by atoms with van der Waals surface area (Å²) in [5, 5.41) is -0.0453. The number of carbonyl (C=O) groups is 3. The van der Waals surface area contributed by atoms with E-state index in [1.165, 1.54) is 4.90 Å². The molecule has 27 heavy (non-hydrogen) atoms. The first-order valence-electron chi connectivity index (χ1n) is 7.94. The molecule has 2 aromatic carbocycles. The molecule has 138 valence electrons. The Hall–Kier alpha value is -2.77. The molecule has 0 unspecified atom stereocenters. The Bertz CT molecular complexity index is 931. The molecule has 2 aromatic rings. The smallest absolute Gasteiger partial charge is 0.293 e. The van der Waals surface area contributed by atoms with Crippen molar-refractivity contribution in [2.24, 2.45) is 5.73 Å². The topological polar surface area (TPSA) is 89.7 Å². The molecule has 0 bridgehead atoms. The first-order chi connectivity index (χ1) is 12.9. The number of hydrogen-bond donors (Lipinski definition) is 1. The van der Waals surface area contributed by atoms with Gasteiger partial charge in [0.1, 0.15) is 5.75 Å². The van der Waals surface area contributed by atoms with Gasteiger partial charge in [0.25, 0.3) is 17.1 Å². The van der Waals surface area contributed by atoms with Gasteiger partial charge in [-0.25, -0.2) is 0 Å². The van der Waals surface area contributed by atoms with E-state index in [2.05, 4.69) is 0 Å². The Labute approximate surface area is 164 Å². The third-order valence-corrected chi connectivity index (χ3v) is 4.88. The van der Waals surface area contributed by atoms with E-state index in [-0.39, 0.29) is 29.3 Å². The molecular weight excluding hydrogens is 388 g/mol. The highest BCUT2D eigenvalue weighted by molar-refractivity contribution is 8.18. The molecule has 1 aliphatic rings. The molecule has 0 aromatic heterocycles. The lowest BCUT2D eigenvalue weighted by Gasteiger charge is -2.12. The second-order valence-electron chi connectivity index (χ2n) is 5.70. The predicted molar refractivity (Wildman–Crippen MR) is 104 cm³/mol. The second-order valence-corrected chi connectivity index (χ2v) is 7.10. The van der Waals surface area contributed by atoms with Crippen molar-refractivity contribution in [3.8, 4) is 5.75 Å². The van der Waals surface area contributed by atoms with Crippen molar-refractivity contribution in [1.29, 1.82) is 0 Å². The van der Waals surface area contributed by atoms with Crippen molar-refractivity contribution < 1.29 is 19.1 Å². The summed E-state index contributed by atoms with van der Waals surface area (Å²) in [6.45, 7) is -0.0546. The van der Waals surface area contributed by atoms with Gasteiger partial charge >= 0.3 is 0 Å². The Morgan fingerprint density at radius 2 is 1.93 bits per heavy atom. The monoisotopic (exact) mass is 402 g/mol. The van der Waals surface area contributed by atoms with Crippen LogP contribution < -0.4 is 10.5 Å². The van der Waals surface area contributed by atoms with Gasteiger partial charge in [0.05, 0.1) is 16.5 Å². The van der Waals surface area contributed by atoms with Crippen LogP contribution >= 0.6 is 23.4 Å². The Balaban J connectivity index is 1.75. The fourth-order valence-electron chi connectivity index (χ4n) is 2.43. The number of thioether (sulfide) groups is 1. The quantitative estimate of drug-likeness (QED) is 0.747. The molecule has 1 fully saturated rings. The number of imide groups is 1. The van der Waals surface area contributed by atoms with E-state index in [1.54, 1.807) is 24.3 Å². The van der Waals surface area contributed by atoms with Gasteiger partial charge in [-0.15, -0.1) is 0 Å². The van der Waals surface area contributed by atoms with Crippen LogP contribution in [-0.2, 0) is 16.1 Å². The highest BCUT2D eigenvalue weighted by Gasteiger charge is 2.34. The zero-order valence-electron chi connectivity index (χ0n) is 14.1. The summed E-state index contributed by atoms with van der Waals surface area (Å²) in [6, 6.07) is 14.1. The van der Waals surface area contributed by atoms with E-state index in [0.717, 1.165) is 17.3 Å². The van der Waals surface area contributed by atoms with Crippen LogP contribution in [0.2, 0.25) is 5.02 Å². The van der Waals surface area contributed by atoms with Crippen molar-refractivity contribution in [3.63, 3.8) is 0 Å². The molecule has 0 atom stereocenters. The fraction of sp³-hybridized carbons (Fsp3) is 0.105. The van der Waals surface area contributed by atoms with E-state index in [4.69, 9.17) is 22.1 Å². The highest BCUT2D eigenvalue weighted by Crippen LogP contribution is 2.34. The van der Waals surface area contributed by atoms with Gasteiger partial charge in [0, 0.05) is 0 Å². The molecule has 1 aliphatic heterocycles. The first kappa shape index (κ1) is 19.0. The van der Waals surface area contributed by atoms with E-state index in [0.29, 0.717) is 16.2 Å². The Morgan fingerprint density at radius 1 is 1.19 bits per heavy atom. The van der Waals surface area contributed by atoms with Gasteiger partial charge in [0.15, 0.2) is 6.61 Å². The molecule has 2 N–H and O–H groups in total. The van der Waals surface area contributed by atoms with Crippen molar-refractivity contribution in [2.45, 2.75) is 6.54 Å². The minimum Gasteiger partial charge on any atom is -0.482 e. The average molecular weight is 403 g/mol. The van der Waals surface area contributed by atoms with E-state index < -0.39 is 5.91 Å². The lowest BCUT2D eigenvalue weighted by molar-refractivity contribution is -0.123. The number of ether oxygens (including phenoxy) is 1. The standard InChI is InChI=1S/C19H15ClN2O4S/c20-14-8-13(6-7-15(14)26-11-17(21)23)9-16-18(24)22(19(25)27-16)10-12-4-2-1-3-5-12/h1-9H,10-11H2,(H2,21,23)/b16-9-. The molecule has 0 radical (unpaired) electrons. The Morgan fingerprint density at radius 3 is 2.59 bits per heavy atom. The summed E-state index contributed by atoms with van der Waals surface area (Å²) in [4.78, 5) is 37.1. The van der Waals surface area contributed by atoms with Crippen LogP contribution in [0.1, 0.15) is 11.1 Å². The molecule has 3 amide bonds. The molecule has 0 aliphatic carbocycles. The van der Waals surface area contributed by atoms with E-state index in [1.807, 2.05) is 30.3 Å². The van der Waals surface area contributed by atoms with Gasteiger partial charge in [-0.2, -0.15) is 0 Å². The van der Waals surface area contributed by atoms with E-state index in [9.17, 15) is 14.4 Å². The number of hydrogen-bond acceptors (Lipinski definition) is 5. The summed E-state index contributed by atoms with van der Waals surface area (Å²) < 4.78 is 5.18. The maximum absolute atomic E-state index is 12.6. The number of benzene rings is 2. The number of amides is 3. The summed E-state index contributed by atoms with van der Waals surface area (Å²) in [6.07, 6.45) is 1.60. The predicted octanol–water partition coefficient (Wildman–Crippen LogP) is 3.44. The van der Waals surface area contributed by atoms with Crippen LogP contribution in [-0.4, -0.2) is 28.6 Å². The summed E-state index contributed by atoms with van der Waals surface area (Å²) in [5.74, 6) is -0.647. The third kappa shape index (κ3) is 4.69. The van der Waals surface area contributed by atoms with Gasteiger partial charge < -0.3 is 10.5 Å². The normalized spacial score (nSPS) is 15.4. The molecule has 6 nitrogen and oxygen atoms in total. The molecule has 0 spiro atoms. The van der Waals surface area contributed by atoms with Crippen LogP contribution in [0.4, 0.5) is 4.79 Å². The van der Waals surface area contributed by atoms with Gasteiger partial charge in [-0.3, -0.25) is 19.3 Å². The van der Waals surface area contributed by atoms with Crippen LogP contribution in [0.25, 0.3) is 6.08 Å². The van der Waals surface area contributed by atoms with Crippen molar-refractivity contribution in [3.05, 3.63) is 69.6 Å². The molecule has 8 heteroatoms. The number of nitrogens with two attached hydrogens (primary N) is 1. The number of nitrogens with zero attached hydrogens (tertiary/aromatic N) is 1. The van der Waals surface area contributed by atoms with Gasteiger partial charge in [0.2, 0.25) is 0 Å². The number of halogens is 1. The molecule has 0 saturated carbocycles. The first-order valence-corrected chi connectivity index (χ1v) is 9.13. The van der Waals surface area contributed by atoms with Crippen LogP contribution in [0.15, 0.2) is 53.4 Å². The third-order valence-electron chi connectivity index (χ3n) is 3.68. The molecule has 1 heterocycles. The maximum Gasteiger partial charge on any atom is 0.293 e. The highest BCUT2D eigenvalue weighted by atomic mass is 35.5. The lowest BCUT2D eigenvalue weighted by Crippen LogP contribution is -2.27. The summed E-state index contributed by atoms with van der Waals surface area (Å²) in [5.41, 5.74) is 6.54. The van der Waals surface area contributed by atoms with Gasteiger partial charge in [-0.05, 0) is 41.1 Å². The summed E-state index contributed by atoms with van der Waals surface area (Å²) >= 11 is 7.01. The zero-order valence-corrected chi connectivity index (χ0v) is 15.6. The second kappa shape index (κ2) is 8.28. The fourth-order valence-corrected chi connectivity index (χ4v) is 3.51. The minimum atomic E-state index is -0.609. The van der Waals surface area contributed by atoms with Crippen molar-refractivity contribution in [2.75, 3.05) is 6.61 Å². The molecule has 3 rings (SSSR count). The maximum atomic E-state index is 12.6. The van der Waals surface area contributed by atoms with Crippen LogP contribution in [0, 0.1) is 0 Å². The largest absolute Gasteiger partial charge is 0.482 e. The molecule has 1 saturated heterocycles. The van der Waals surface area contributed by atoms with Crippen molar-refractivity contribution in [1.82, 2.24) is 4.90 Å². The van der Waals surface area contributed by atoms with Crippen molar-refractivity contribution >= 4 is 46.5 Å². The van der Waals surface area contributed by atoms with Crippen LogP contribution in [0.3, 0.4) is 0 Å². The average Bonchev–Trinajstić information content (AvgIpc) is 2.89. The lowest BCUT2D eigenvalue weighted by atomic mass is 10.2. The van der Waals surface area contributed by atoms with Crippen LogP contribution in [0.5, 0.6) is 5.75 Å². The minimum absolute atomic E-state index is 0.226. The van der Waals surface area contributed by atoms with Gasteiger partial charge in [-0.1, -0.05) is 48.0 Å². The summed E-state index contributed by atoms with van der Waals surface area (Å²) in [7, 11) is 0. The van der Waals surface area contributed by atoms with E-state index >= 15 is 0 Å². The number of rotatable bonds is 6. The Kier molecular flexibility index (Phi) is 5.83. The number of primary amides is 1.